The molecule has 0 bridgehead atoms. The average Bonchev–Trinajstić information content (AvgIpc) is 2.15. The van der Waals surface area contributed by atoms with Gasteiger partial charge in [0.05, 0.1) is 11.3 Å². The van der Waals surface area contributed by atoms with Gasteiger partial charge in [-0.15, -0.1) is 0 Å². The van der Waals surface area contributed by atoms with Crippen LogP contribution in [0.1, 0.15) is 5.56 Å². The van der Waals surface area contributed by atoms with Crippen LogP contribution in [0.15, 0.2) is 18.2 Å². The van der Waals surface area contributed by atoms with E-state index in [1.165, 1.54) is 0 Å². The Labute approximate surface area is 82.9 Å². The van der Waals surface area contributed by atoms with Gasteiger partial charge in [-0.3, -0.25) is 0 Å². The number of benzene rings is 1. The number of alkyl halides is 4. The molecule has 0 amide bonds. The Bertz CT molecular complexity index is 334. The second kappa shape index (κ2) is 4.46. The summed E-state index contributed by atoms with van der Waals surface area (Å²) >= 11 is 0. The van der Waals surface area contributed by atoms with Gasteiger partial charge < -0.3 is 5.32 Å². The van der Waals surface area contributed by atoms with E-state index in [4.69, 9.17) is 0 Å². The van der Waals surface area contributed by atoms with Crippen molar-refractivity contribution < 1.29 is 22.0 Å². The van der Waals surface area contributed by atoms with Crippen LogP contribution in [-0.2, 0) is 6.18 Å². The van der Waals surface area contributed by atoms with E-state index < -0.39 is 24.2 Å². The predicted molar refractivity (Wildman–Crippen MR) is 45.9 cm³/mol. The summed E-state index contributed by atoms with van der Waals surface area (Å²) in [5.41, 5.74) is -1.31. The molecule has 1 N–H and O–H groups in total. The van der Waals surface area contributed by atoms with E-state index in [-0.39, 0.29) is 12.2 Å². The molecule has 0 aliphatic heterocycles. The Morgan fingerprint density at radius 2 is 1.87 bits per heavy atom. The Morgan fingerprint density at radius 1 is 1.20 bits per heavy atom. The smallest absolute Gasteiger partial charge is 0.380 e. The minimum Gasteiger partial charge on any atom is -0.380 e. The Morgan fingerprint density at radius 3 is 2.40 bits per heavy atom. The molecule has 0 saturated carbocycles. The molecule has 0 unspecified atom stereocenters. The fourth-order valence-corrected chi connectivity index (χ4v) is 1.02. The first-order valence-electron chi connectivity index (χ1n) is 4.11. The van der Waals surface area contributed by atoms with Crippen LogP contribution in [0.2, 0.25) is 0 Å². The molecule has 0 aliphatic rings. The van der Waals surface area contributed by atoms with Gasteiger partial charge in [-0.25, -0.2) is 8.78 Å². The molecule has 0 aliphatic carbocycles. The fourth-order valence-electron chi connectivity index (χ4n) is 1.02. The molecule has 1 rings (SSSR count). The third-order valence-electron chi connectivity index (χ3n) is 1.70. The molecule has 6 heteroatoms. The normalized spacial score (nSPS) is 11.5. The van der Waals surface area contributed by atoms with Crippen molar-refractivity contribution in [3.8, 4) is 0 Å². The second-order valence-corrected chi connectivity index (χ2v) is 2.81. The highest BCUT2D eigenvalue weighted by atomic mass is 19.4. The molecular formula is C9H8F5N. The zero-order chi connectivity index (χ0) is 11.5. The largest absolute Gasteiger partial charge is 0.416 e. The number of rotatable bonds is 3. The summed E-state index contributed by atoms with van der Waals surface area (Å²) in [5.74, 6) is -0.837. The molecule has 0 fully saturated rings. The van der Waals surface area contributed by atoms with Crippen LogP contribution in [0.4, 0.5) is 27.6 Å². The standard InChI is InChI=1S/C9H8F5N/c10-3-4-15-8-5-6(9(12,13)14)1-2-7(8)11/h1-2,5,15H,3-4H2. The summed E-state index contributed by atoms with van der Waals surface area (Å²) in [7, 11) is 0. The molecule has 84 valence electrons. The van der Waals surface area contributed by atoms with Gasteiger partial charge in [0.1, 0.15) is 12.5 Å². The molecule has 1 aromatic rings. The fraction of sp³-hybridized carbons (Fsp3) is 0.333. The molecule has 0 saturated heterocycles. The van der Waals surface area contributed by atoms with Crippen molar-refractivity contribution in [2.75, 3.05) is 18.5 Å². The molecule has 0 heterocycles. The maximum atomic E-state index is 12.9. The zero-order valence-corrected chi connectivity index (χ0v) is 7.54. The summed E-state index contributed by atoms with van der Waals surface area (Å²) in [5, 5.41) is 2.23. The minimum absolute atomic E-state index is 0.224. The first kappa shape index (κ1) is 11.7. The number of hydrogen-bond acceptors (Lipinski definition) is 1. The molecule has 0 spiro atoms. The van der Waals surface area contributed by atoms with Gasteiger partial charge in [-0.2, -0.15) is 13.2 Å². The van der Waals surface area contributed by atoms with E-state index >= 15 is 0 Å². The van der Waals surface area contributed by atoms with Crippen molar-refractivity contribution >= 4 is 5.69 Å². The Balaban J connectivity index is 2.95. The molecule has 0 aromatic heterocycles. The Kier molecular flexibility index (Phi) is 3.49. The lowest BCUT2D eigenvalue weighted by Crippen LogP contribution is -2.09. The topological polar surface area (TPSA) is 12.0 Å². The van der Waals surface area contributed by atoms with E-state index in [1.54, 1.807) is 0 Å². The molecule has 0 radical (unpaired) electrons. The van der Waals surface area contributed by atoms with Crippen molar-refractivity contribution in [2.24, 2.45) is 0 Å². The van der Waals surface area contributed by atoms with Gasteiger partial charge in [-0.1, -0.05) is 0 Å². The summed E-state index contributed by atoms with van der Waals surface area (Å²) in [6, 6.07) is 1.95. The number of hydrogen-bond donors (Lipinski definition) is 1. The number of halogens is 5. The van der Waals surface area contributed by atoms with Gasteiger partial charge in [-0.05, 0) is 18.2 Å². The minimum atomic E-state index is -4.53. The summed E-state index contributed by atoms with van der Waals surface area (Å²) in [6.45, 7) is -1.01. The van der Waals surface area contributed by atoms with Crippen LogP contribution in [0.25, 0.3) is 0 Å². The Hall–Kier alpha value is -1.33. The molecule has 1 nitrogen and oxygen atoms in total. The number of nitrogens with one attached hydrogen (secondary N) is 1. The van der Waals surface area contributed by atoms with E-state index in [0.29, 0.717) is 18.2 Å². The van der Waals surface area contributed by atoms with Crippen molar-refractivity contribution in [1.29, 1.82) is 0 Å². The van der Waals surface area contributed by atoms with Crippen molar-refractivity contribution in [2.45, 2.75) is 6.18 Å². The van der Waals surface area contributed by atoms with Crippen LogP contribution in [0.3, 0.4) is 0 Å². The third-order valence-corrected chi connectivity index (χ3v) is 1.70. The van der Waals surface area contributed by atoms with Gasteiger partial charge in [0.25, 0.3) is 0 Å². The molecular weight excluding hydrogens is 217 g/mol. The van der Waals surface area contributed by atoms with Gasteiger partial charge in [0, 0.05) is 6.54 Å². The monoisotopic (exact) mass is 225 g/mol. The van der Waals surface area contributed by atoms with Crippen molar-refractivity contribution in [3.05, 3.63) is 29.6 Å². The van der Waals surface area contributed by atoms with Gasteiger partial charge in [0.2, 0.25) is 0 Å². The quantitative estimate of drug-likeness (QED) is 0.779. The van der Waals surface area contributed by atoms with Crippen LogP contribution in [0, 0.1) is 5.82 Å². The predicted octanol–water partition coefficient (Wildman–Crippen LogP) is 3.23. The second-order valence-electron chi connectivity index (χ2n) is 2.81. The summed E-state index contributed by atoms with van der Waals surface area (Å²) in [6.07, 6.45) is -4.53. The lowest BCUT2D eigenvalue weighted by Gasteiger charge is -2.10. The van der Waals surface area contributed by atoms with E-state index in [1.807, 2.05) is 0 Å². The molecule has 1 aromatic carbocycles. The highest BCUT2D eigenvalue weighted by Crippen LogP contribution is 2.31. The van der Waals surface area contributed by atoms with E-state index in [2.05, 4.69) is 5.32 Å². The highest BCUT2D eigenvalue weighted by molar-refractivity contribution is 5.47. The van der Waals surface area contributed by atoms with Crippen LogP contribution in [-0.4, -0.2) is 13.2 Å². The van der Waals surface area contributed by atoms with E-state index in [0.717, 1.165) is 0 Å². The van der Waals surface area contributed by atoms with E-state index in [9.17, 15) is 22.0 Å². The maximum absolute atomic E-state index is 12.9. The third kappa shape index (κ3) is 3.07. The van der Waals surface area contributed by atoms with Gasteiger partial charge >= 0.3 is 6.18 Å². The molecule has 15 heavy (non-hydrogen) atoms. The first-order chi connectivity index (χ1) is 6.95. The zero-order valence-electron chi connectivity index (χ0n) is 7.54. The van der Waals surface area contributed by atoms with Crippen LogP contribution < -0.4 is 5.32 Å². The van der Waals surface area contributed by atoms with Crippen molar-refractivity contribution in [3.63, 3.8) is 0 Å². The summed E-state index contributed by atoms with van der Waals surface area (Å²) in [4.78, 5) is 0. The van der Waals surface area contributed by atoms with Crippen molar-refractivity contribution in [1.82, 2.24) is 0 Å². The molecule has 0 atom stereocenters. The maximum Gasteiger partial charge on any atom is 0.416 e. The highest BCUT2D eigenvalue weighted by Gasteiger charge is 2.31. The average molecular weight is 225 g/mol. The van der Waals surface area contributed by atoms with Crippen LogP contribution >= 0.6 is 0 Å². The lowest BCUT2D eigenvalue weighted by atomic mass is 10.2. The number of anilines is 1. The lowest BCUT2D eigenvalue weighted by molar-refractivity contribution is -0.137. The van der Waals surface area contributed by atoms with Crippen LogP contribution in [0.5, 0.6) is 0 Å². The SMILES string of the molecule is FCCNc1cc(C(F)(F)F)ccc1F. The first-order valence-corrected chi connectivity index (χ1v) is 4.11. The van der Waals surface area contributed by atoms with Gasteiger partial charge in [0.15, 0.2) is 0 Å². The summed E-state index contributed by atoms with van der Waals surface area (Å²) < 4.78 is 61.3.